The largest absolute Gasteiger partial charge is 0.507 e. The van der Waals surface area contributed by atoms with Crippen LogP contribution in [0, 0.1) is 0 Å². The monoisotopic (exact) mass is 241 g/mol. The van der Waals surface area contributed by atoms with Crippen molar-refractivity contribution >= 4 is 22.1 Å². The first kappa shape index (κ1) is 10.3. The Morgan fingerprint density at radius 1 is 1.54 bits per heavy atom. The Morgan fingerprint density at radius 3 is 2.92 bits per heavy atom. The van der Waals surface area contributed by atoms with Gasteiger partial charge in [-0.25, -0.2) is 0 Å². The van der Waals surface area contributed by atoms with Crippen molar-refractivity contribution in [3.8, 4) is 5.75 Å². The fraction of sp³-hybridized carbons (Fsp3) is 0.300. The van der Waals surface area contributed by atoms with E-state index in [9.17, 15) is 5.11 Å². The van der Waals surface area contributed by atoms with Gasteiger partial charge >= 0.3 is 0 Å². The summed E-state index contributed by atoms with van der Waals surface area (Å²) in [6, 6.07) is 5.32. The Morgan fingerprint density at radius 2 is 2.31 bits per heavy atom. The fourth-order valence-electron chi connectivity index (χ4n) is 0.903. The van der Waals surface area contributed by atoms with Gasteiger partial charge in [-0.3, -0.25) is 4.99 Å². The molecule has 1 aromatic rings. The molecule has 0 aliphatic rings. The molecule has 13 heavy (non-hydrogen) atoms. The van der Waals surface area contributed by atoms with Crippen LogP contribution in [0.1, 0.15) is 18.9 Å². The second-order valence-corrected chi connectivity index (χ2v) is 3.60. The molecular formula is C10H12BrNO. The van der Waals surface area contributed by atoms with Gasteiger partial charge in [-0.2, -0.15) is 0 Å². The van der Waals surface area contributed by atoms with Crippen molar-refractivity contribution in [3.63, 3.8) is 0 Å². The Bertz CT molecular complexity index is 310. The van der Waals surface area contributed by atoms with Crippen molar-refractivity contribution < 1.29 is 5.11 Å². The summed E-state index contributed by atoms with van der Waals surface area (Å²) in [5.41, 5.74) is 0.998. The SMILES string of the molecule is CCCN=Cc1ccc(O)c(Br)c1. The predicted molar refractivity (Wildman–Crippen MR) is 58.6 cm³/mol. The van der Waals surface area contributed by atoms with Crippen LogP contribution in [0.15, 0.2) is 27.7 Å². The summed E-state index contributed by atoms with van der Waals surface area (Å²) in [6.45, 7) is 2.93. The van der Waals surface area contributed by atoms with E-state index in [4.69, 9.17) is 0 Å². The number of rotatable bonds is 3. The number of hydrogen-bond acceptors (Lipinski definition) is 2. The fourth-order valence-corrected chi connectivity index (χ4v) is 1.30. The molecule has 0 aromatic heterocycles. The third-order valence-corrected chi connectivity index (χ3v) is 2.20. The van der Waals surface area contributed by atoms with Crippen molar-refractivity contribution in [1.29, 1.82) is 0 Å². The van der Waals surface area contributed by atoms with Crippen LogP contribution >= 0.6 is 15.9 Å². The second-order valence-electron chi connectivity index (χ2n) is 2.75. The Labute approximate surface area is 86.4 Å². The molecule has 3 heteroatoms. The first-order valence-corrected chi connectivity index (χ1v) is 5.01. The third kappa shape index (κ3) is 3.19. The van der Waals surface area contributed by atoms with Crippen LogP contribution < -0.4 is 0 Å². The summed E-state index contributed by atoms with van der Waals surface area (Å²) < 4.78 is 0.702. The molecule has 0 fully saturated rings. The van der Waals surface area contributed by atoms with Gasteiger partial charge in [0.1, 0.15) is 5.75 Å². The minimum absolute atomic E-state index is 0.257. The van der Waals surface area contributed by atoms with Gasteiger partial charge in [-0.1, -0.05) is 6.92 Å². The summed E-state index contributed by atoms with van der Waals surface area (Å²) in [6.07, 6.45) is 2.86. The van der Waals surface area contributed by atoms with E-state index in [0.29, 0.717) is 4.47 Å². The molecule has 0 unspecified atom stereocenters. The number of hydrogen-bond donors (Lipinski definition) is 1. The van der Waals surface area contributed by atoms with E-state index in [1.165, 1.54) is 0 Å². The average molecular weight is 242 g/mol. The molecule has 1 N–H and O–H groups in total. The molecule has 2 nitrogen and oxygen atoms in total. The summed E-state index contributed by atoms with van der Waals surface area (Å²) in [5, 5.41) is 9.22. The number of nitrogens with zero attached hydrogens (tertiary/aromatic N) is 1. The molecule has 0 radical (unpaired) electrons. The van der Waals surface area contributed by atoms with Crippen LogP contribution in [0.5, 0.6) is 5.75 Å². The zero-order valence-electron chi connectivity index (χ0n) is 7.50. The van der Waals surface area contributed by atoms with Crippen molar-refractivity contribution in [2.75, 3.05) is 6.54 Å². The zero-order chi connectivity index (χ0) is 9.68. The summed E-state index contributed by atoms with van der Waals surface area (Å²) >= 11 is 3.24. The van der Waals surface area contributed by atoms with E-state index in [0.717, 1.165) is 18.5 Å². The Hall–Kier alpha value is -0.830. The summed E-state index contributed by atoms with van der Waals surface area (Å²) in [4.78, 5) is 4.20. The number of aliphatic imine (C=N–C) groups is 1. The minimum Gasteiger partial charge on any atom is -0.507 e. The van der Waals surface area contributed by atoms with Gasteiger partial charge in [0.05, 0.1) is 4.47 Å². The lowest BCUT2D eigenvalue weighted by Gasteiger charge is -1.97. The van der Waals surface area contributed by atoms with E-state index >= 15 is 0 Å². The first-order chi connectivity index (χ1) is 6.24. The van der Waals surface area contributed by atoms with Crippen LogP contribution in [0.25, 0.3) is 0 Å². The highest BCUT2D eigenvalue weighted by molar-refractivity contribution is 9.10. The average Bonchev–Trinajstić information content (AvgIpc) is 2.12. The van der Waals surface area contributed by atoms with E-state index in [2.05, 4.69) is 27.8 Å². The third-order valence-electron chi connectivity index (χ3n) is 1.56. The number of phenolic OH excluding ortho intramolecular Hbond substituents is 1. The van der Waals surface area contributed by atoms with Crippen LogP contribution in [0.2, 0.25) is 0 Å². The molecule has 0 spiro atoms. The number of halogens is 1. The molecule has 0 aliphatic heterocycles. The normalized spacial score (nSPS) is 10.9. The lowest BCUT2D eigenvalue weighted by Crippen LogP contribution is -1.83. The summed E-state index contributed by atoms with van der Waals surface area (Å²) in [7, 11) is 0. The molecule has 0 saturated heterocycles. The lowest BCUT2D eigenvalue weighted by atomic mass is 10.2. The molecule has 70 valence electrons. The highest BCUT2D eigenvalue weighted by Gasteiger charge is 1.96. The molecule has 0 atom stereocenters. The number of benzene rings is 1. The minimum atomic E-state index is 0.257. The van der Waals surface area contributed by atoms with Gasteiger partial charge in [0.15, 0.2) is 0 Å². The Balaban J connectivity index is 2.73. The molecule has 0 aliphatic carbocycles. The van der Waals surface area contributed by atoms with Gasteiger partial charge in [0.2, 0.25) is 0 Å². The smallest absolute Gasteiger partial charge is 0.129 e. The standard InChI is InChI=1S/C10H12BrNO/c1-2-5-12-7-8-3-4-10(13)9(11)6-8/h3-4,6-7,13H,2,5H2,1H3. The van der Waals surface area contributed by atoms with Crippen LogP contribution in [0.4, 0.5) is 0 Å². The molecule has 0 amide bonds. The van der Waals surface area contributed by atoms with Crippen molar-refractivity contribution in [3.05, 3.63) is 28.2 Å². The zero-order valence-corrected chi connectivity index (χ0v) is 9.08. The van der Waals surface area contributed by atoms with Crippen molar-refractivity contribution in [1.82, 2.24) is 0 Å². The van der Waals surface area contributed by atoms with Gasteiger partial charge < -0.3 is 5.11 Å². The molecular weight excluding hydrogens is 230 g/mol. The number of phenols is 1. The van der Waals surface area contributed by atoms with E-state index in [1.54, 1.807) is 6.07 Å². The molecule has 0 saturated carbocycles. The second kappa shape index (κ2) is 5.02. The maximum Gasteiger partial charge on any atom is 0.129 e. The number of aromatic hydroxyl groups is 1. The van der Waals surface area contributed by atoms with Gasteiger partial charge in [0.25, 0.3) is 0 Å². The van der Waals surface area contributed by atoms with E-state index in [1.807, 2.05) is 18.3 Å². The molecule has 0 heterocycles. The maximum absolute atomic E-state index is 9.22. The van der Waals surface area contributed by atoms with Gasteiger partial charge in [-0.05, 0) is 46.1 Å². The molecule has 1 aromatic carbocycles. The first-order valence-electron chi connectivity index (χ1n) is 4.22. The highest BCUT2D eigenvalue weighted by Crippen LogP contribution is 2.23. The quantitative estimate of drug-likeness (QED) is 0.812. The maximum atomic E-state index is 9.22. The lowest BCUT2D eigenvalue weighted by molar-refractivity contribution is 0.472. The van der Waals surface area contributed by atoms with Crippen LogP contribution in [0.3, 0.4) is 0 Å². The Kier molecular flexibility index (Phi) is 3.96. The van der Waals surface area contributed by atoms with Crippen molar-refractivity contribution in [2.45, 2.75) is 13.3 Å². The van der Waals surface area contributed by atoms with Gasteiger partial charge in [-0.15, -0.1) is 0 Å². The van der Waals surface area contributed by atoms with Gasteiger partial charge in [0, 0.05) is 12.8 Å². The summed E-state index contributed by atoms with van der Waals surface area (Å²) in [5.74, 6) is 0.257. The highest BCUT2D eigenvalue weighted by atomic mass is 79.9. The predicted octanol–water partition coefficient (Wildman–Crippen LogP) is 2.98. The van der Waals surface area contributed by atoms with Crippen LogP contribution in [-0.4, -0.2) is 17.9 Å². The molecule has 0 bridgehead atoms. The van der Waals surface area contributed by atoms with Crippen LogP contribution in [-0.2, 0) is 0 Å². The van der Waals surface area contributed by atoms with E-state index < -0.39 is 0 Å². The van der Waals surface area contributed by atoms with Crippen molar-refractivity contribution in [2.24, 2.45) is 4.99 Å². The molecule has 1 rings (SSSR count). The van der Waals surface area contributed by atoms with E-state index in [-0.39, 0.29) is 5.75 Å². The topological polar surface area (TPSA) is 32.6 Å².